The Morgan fingerprint density at radius 3 is 1.09 bits per heavy atom. The van der Waals surface area contributed by atoms with Gasteiger partial charge in [-0.3, -0.25) is 0 Å². The molecule has 0 spiro atoms. The Labute approximate surface area is 94.5 Å². The van der Waals surface area contributed by atoms with Gasteiger partial charge in [-0.1, -0.05) is 0 Å². The summed E-state index contributed by atoms with van der Waals surface area (Å²) in [7, 11) is -10.1. The summed E-state index contributed by atoms with van der Waals surface area (Å²) < 4.78 is 22.2. The van der Waals surface area contributed by atoms with Crippen molar-refractivity contribution in [3.63, 3.8) is 0 Å². The fraction of sp³-hybridized carbons (Fsp3) is 0. The molecule has 0 aromatic heterocycles. The molecule has 0 saturated carbocycles. The van der Waals surface area contributed by atoms with Crippen LogP contribution in [0.5, 0.6) is 0 Å². The Morgan fingerprint density at radius 1 is 0.909 bits per heavy atom. The van der Waals surface area contributed by atoms with Gasteiger partial charge >= 0.3 is 45.2 Å². The molecule has 7 nitrogen and oxygen atoms in total. The third-order valence-corrected chi connectivity index (χ3v) is 1.91. The van der Waals surface area contributed by atoms with Crippen molar-refractivity contribution < 1.29 is 49.8 Å². The van der Waals surface area contributed by atoms with E-state index in [4.69, 9.17) is 19.6 Å². The summed E-state index contributed by atoms with van der Waals surface area (Å²) in [6.07, 6.45) is 0. The predicted octanol–water partition coefficient (Wildman–Crippen LogP) is -1.46. The summed E-state index contributed by atoms with van der Waals surface area (Å²) >= 11 is 0. The zero-order valence-electron chi connectivity index (χ0n) is 4.24. The van der Waals surface area contributed by atoms with Gasteiger partial charge in [0.2, 0.25) is 0 Å². The fourth-order valence-electron chi connectivity index (χ4n) is 0.139. The van der Waals surface area contributed by atoms with E-state index in [1.807, 2.05) is 0 Å². The van der Waals surface area contributed by atoms with E-state index < -0.39 is 15.6 Å². The summed E-state index contributed by atoms with van der Waals surface area (Å²) in [6.45, 7) is 0. The van der Waals surface area contributed by atoms with Gasteiger partial charge in [-0.15, -0.1) is 0 Å². The molecule has 0 aromatic rings. The first-order chi connectivity index (χ1) is 3.71. The number of hydrogen-bond acceptors (Lipinski definition) is 3. The van der Waals surface area contributed by atoms with Crippen molar-refractivity contribution in [3.05, 3.63) is 0 Å². The molecule has 1 radical (unpaired) electrons. The second-order valence-corrected chi connectivity index (χ2v) is 3.68. The van der Waals surface area contributed by atoms with Crippen LogP contribution in [0.25, 0.3) is 0 Å². The van der Waals surface area contributed by atoms with E-state index in [0.29, 0.717) is 0 Å². The van der Waals surface area contributed by atoms with Crippen LogP contribution in [0.3, 0.4) is 0 Å². The molecule has 4 N–H and O–H groups in total. The Morgan fingerprint density at radius 2 is 1.09 bits per heavy atom. The fourth-order valence-corrected chi connectivity index (χ4v) is 1.25. The molecule has 0 amide bonds. The number of phosphoric acid groups is 2. The first-order valence-electron chi connectivity index (χ1n) is 1.53. The van der Waals surface area contributed by atoms with Crippen LogP contribution in [-0.2, 0) is 30.2 Å². The second-order valence-electron chi connectivity index (χ2n) is 1.06. The average molecular weight is 261 g/mol. The molecule has 0 aliphatic heterocycles. The summed E-state index contributed by atoms with van der Waals surface area (Å²) in [4.78, 5) is 31.0. The van der Waals surface area contributed by atoms with Crippen LogP contribution in [0, 0.1) is 0 Å². The van der Waals surface area contributed by atoms with Crippen LogP contribution in [0.1, 0.15) is 0 Å². The van der Waals surface area contributed by atoms with Crippen LogP contribution >= 0.6 is 15.6 Å². The van der Waals surface area contributed by atoms with E-state index in [2.05, 4.69) is 4.31 Å². The van der Waals surface area contributed by atoms with Crippen molar-refractivity contribution in [1.29, 1.82) is 0 Å². The van der Waals surface area contributed by atoms with Crippen LogP contribution in [0.4, 0.5) is 0 Å². The molecule has 0 aromatic carbocycles. The molecule has 0 saturated heterocycles. The van der Waals surface area contributed by atoms with E-state index in [9.17, 15) is 9.13 Å². The predicted molar refractivity (Wildman–Crippen MR) is 32.3 cm³/mol. The maximum atomic E-state index is 9.63. The molecule has 0 atom stereocenters. The third-order valence-electron chi connectivity index (χ3n) is 0.213. The third kappa shape index (κ3) is 18.6. The maximum absolute atomic E-state index is 9.63. The monoisotopic (exact) mass is 261 g/mol. The van der Waals surface area contributed by atoms with E-state index in [1.165, 1.54) is 0 Å². The molecule has 11 heavy (non-hydrogen) atoms. The normalized spacial score (nSPS) is 11.3. The van der Waals surface area contributed by atoms with E-state index in [-0.39, 0.29) is 46.3 Å². The molecule has 0 unspecified atom stereocenters. The first kappa shape index (κ1) is 18.5. The molecule has 0 rings (SSSR count). The van der Waals surface area contributed by atoms with Gasteiger partial charge in [0, 0.05) is 16.8 Å². The van der Waals surface area contributed by atoms with Crippen molar-refractivity contribution in [2.24, 2.45) is 0 Å². The molecule has 0 aliphatic rings. The molecule has 0 heterocycles. The summed E-state index contributed by atoms with van der Waals surface area (Å²) in [6, 6.07) is 0. The molecule has 11 heteroatoms. The topological polar surface area (TPSA) is 124 Å². The Bertz CT molecular complexity index is 157. The standard InChI is InChI=1S/Co.Na.H4O7P2.H/c;;1-8(2,3)7-9(4,5)6;/h;;(H2,1,2,3)(H2,4,5,6);. The van der Waals surface area contributed by atoms with Gasteiger partial charge in [0.15, 0.2) is 0 Å². The van der Waals surface area contributed by atoms with Crippen LogP contribution < -0.4 is 0 Å². The zero-order chi connectivity index (χ0) is 7.71. The van der Waals surface area contributed by atoms with Gasteiger partial charge in [0.25, 0.3) is 0 Å². The van der Waals surface area contributed by atoms with Gasteiger partial charge in [-0.05, 0) is 0 Å². The molecular formula is H5CoNaO7P2. The Hall–Kier alpha value is 1.77. The average Bonchev–Trinajstić information content (AvgIpc) is 1.14. The van der Waals surface area contributed by atoms with Gasteiger partial charge in [-0.2, -0.15) is 4.31 Å². The molecule has 0 fully saturated rings. The first-order valence-corrected chi connectivity index (χ1v) is 4.59. The minimum absolute atomic E-state index is 0. The second kappa shape index (κ2) is 6.26. The van der Waals surface area contributed by atoms with E-state index >= 15 is 0 Å². The van der Waals surface area contributed by atoms with Crippen molar-refractivity contribution in [3.8, 4) is 0 Å². The molecule has 67 valence electrons. The SMILES string of the molecule is O=P(O)(O)OP(=O)(O)O.[Co].[NaH]. The van der Waals surface area contributed by atoms with E-state index in [1.54, 1.807) is 0 Å². The summed E-state index contributed by atoms with van der Waals surface area (Å²) in [5.41, 5.74) is 0. The summed E-state index contributed by atoms with van der Waals surface area (Å²) in [5, 5.41) is 0. The zero-order valence-corrected chi connectivity index (χ0v) is 7.07. The van der Waals surface area contributed by atoms with E-state index in [0.717, 1.165) is 0 Å². The Balaban J connectivity index is -0.000000320. The van der Waals surface area contributed by atoms with Crippen LogP contribution in [0.2, 0.25) is 0 Å². The number of hydrogen-bond donors (Lipinski definition) is 4. The van der Waals surface area contributed by atoms with Gasteiger partial charge in [0.1, 0.15) is 0 Å². The molecule has 0 aliphatic carbocycles. The van der Waals surface area contributed by atoms with Crippen molar-refractivity contribution in [2.45, 2.75) is 0 Å². The van der Waals surface area contributed by atoms with Gasteiger partial charge in [-0.25, -0.2) is 9.13 Å². The minimum atomic E-state index is -5.05. The summed E-state index contributed by atoms with van der Waals surface area (Å²) in [5.74, 6) is 0. The molecule has 0 bridgehead atoms. The number of rotatable bonds is 2. The van der Waals surface area contributed by atoms with Crippen LogP contribution in [0.15, 0.2) is 0 Å². The Kier molecular flexibility index (Phi) is 10.5. The molecular weight excluding hydrogens is 256 g/mol. The van der Waals surface area contributed by atoms with Crippen LogP contribution in [-0.4, -0.2) is 49.1 Å². The van der Waals surface area contributed by atoms with Gasteiger partial charge in [0.05, 0.1) is 0 Å². The quantitative estimate of drug-likeness (QED) is 0.353. The van der Waals surface area contributed by atoms with Crippen molar-refractivity contribution >= 4 is 45.2 Å². The van der Waals surface area contributed by atoms with Crippen molar-refractivity contribution in [1.82, 2.24) is 0 Å². The van der Waals surface area contributed by atoms with Gasteiger partial charge < -0.3 is 19.6 Å². The van der Waals surface area contributed by atoms with Crippen molar-refractivity contribution in [2.75, 3.05) is 0 Å².